The van der Waals surface area contributed by atoms with Crippen molar-refractivity contribution in [2.75, 3.05) is 20.1 Å². The molecule has 0 saturated carbocycles. The van der Waals surface area contributed by atoms with Crippen molar-refractivity contribution >= 4 is 5.91 Å². The SMILES string of the molecule is CN(C(=O)c1ccc(F)cc1F)[C@H]1CCCNC1. The van der Waals surface area contributed by atoms with Crippen LogP contribution in [0, 0.1) is 11.6 Å². The zero-order chi connectivity index (χ0) is 13.1. The average Bonchev–Trinajstić information content (AvgIpc) is 2.38. The average molecular weight is 254 g/mol. The van der Waals surface area contributed by atoms with E-state index in [0.29, 0.717) is 6.54 Å². The van der Waals surface area contributed by atoms with Crippen molar-refractivity contribution in [3.63, 3.8) is 0 Å². The molecule has 1 atom stereocenters. The molecule has 1 aromatic carbocycles. The molecule has 1 aliphatic heterocycles. The number of carbonyl (C=O) groups excluding carboxylic acids is 1. The smallest absolute Gasteiger partial charge is 0.256 e. The molecule has 1 saturated heterocycles. The van der Waals surface area contributed by atoms with Gasteiger partial charge < -0.3 is 10.2 Å². The highest BCUT2D eigenvalue weighted by Crippen LogP contribution is 2.15. The van der Waals surface area contributed by atoms with Crippen molar-refractivity contribution in [1.29, 1.82) is 0 Å². The van der Waals surface area contributed by atoms with Crippen LogP contribution in [0.25, 0.3) is 0 Å². The van der Waals surface area contributed by atoms with Gasteiger partial charge in [-0.2, -0.15) is 0 Å². The minimum Gasteiger partial charge on any atom is -0.337 e. The zero-order valence-electron chi connectivity index (χ0n) is 10.2. The van der Waals surface area contributed by atoms with E-state index in [1.165, 1.54) is 11.0 Å². The van der Waals surface area contributed by atoms with Crippen LogP contribution in [0.5, 0.6) is 0 Å². The van der Waals surface area contributed by atoms with Gasteiger partial charge >= 0.3 is 0 Å². The van der Waals surface area contributed by atoms with Gasteiger partial charge in [0.25, 0.3) is 5.91 Å². The van der Waals surface area contributed by atoms with Gasteiger partial charge in [0.05, 0.1) is 5.56 Å². The molecule has 0 aromatic heterocycles. The lowest BCUT2D eigenvalue weighted by atomic mass is 10.0. The van der Waals surface area contributed by atoms with Crippen molar-refractivity contribution in [2.45, 2.75) is 18.9 Å². The van der Waals surface area contributed by atoms with Crippen molar-refractivity contribution in [1.82, 2.24) is 10.2 Å². The fraction of sp³-hybridized carbons (Fsp3) is 0.462. The topological polar surface area (TPSA) is 32.3 Å². The van der Waals surface area contributed by atoms with Gasteiger partial charge in [-0.3, -0.25) is 4.79 Å². The standard InChI is InChI=1S/C13H16F2N2O/c1-17(10-3-2-6-16-8-10)13(18)11-5-4-9(14)7-12(11)15/h4-5,7,10,16H,2-3,6,8H2,1H3/t10-/m0/s1. The number of hydrogen-bond acceptors (Lipinski definition) is 2. The third kappa shape index (κ3) is 2.67. The van der Waals surface area contributed by atoms with E-state index in [9.17, 15) is 13.6 Å². The Labute approximate surface area is 105 Å². The molecule has 1 fully saturated rings. The zero-order valence-corrected chi connectivity index (χ0v) is 10.2. The van der Waals surface area contributed by atoms with Crippen molar-refractivity contribution in [3.8, 4) is 0 Å². The van der Waals surface area contributed by atoms with Crippen molar-refractivity contribution in [3.05, 3.63) is 35.4 Å². The highest BCUT2D eigenvalue weighted by atomic mass is 19.1. The largest absolute Gasteiger partial charge is 0.337 e. The van der Waals surface area contributed by atoms with E-state index in [4.69, 9.17) is 0 Å². The molecular weight excluding hydrogens is 238 g/mol. The Hall–Kier alpha value is -1.49. The molecule has 0 unspecified atom stereocenters. The molecule has 0 radical (unpaired) electrons. The van der Waals surface area contributed by atoms with Gasteiger partial charge in [-0.05, 0) is 31.5 Å². The lowest BCUT2D eigenvalue weighted by Gasteiger charge is -2.31. The summed E-state index contributed by atoms with van der Waals surface area (Å²) in [5.41, 5.74) is -0.0792. The van der Waals surface area contributed by atoms with E-state index in [-0.39, 0.29) is 11.6 Å². The quantitative estimate of drug-likeness (QED) is 0.872. The van der Waals surface area contributed by atoms with Crippen LogP contribution in [-0.4, -0.2) is 37.0 Å². The number of nitrogens with one attached hydrogen (secondary N) is 1. The van der Waals surface area contributed by atoms with E-state index in [1.54, 1.807) is 7.05 Å². The molecule has 1 amide bonds. The van der Waals surface area contributed by atoms with Crippen LogP contribution < -0.4 is 5.32 Å². The first-order valence-electron chi connectivity index (χ1n) is 6.02. The Morgan fingerprint density at radius 3 is 2.83 bits per heavy atom. The first-order valence-corrected chi connectivity index (χ1v) is 6.02. The number of benzene rings is 1. The maximum Gasteiger partial charge on any atom is 0.256 e. The monoisotopic (exact) mass is 254 g/mol. The van der Waals surface area contributed by atoms with Crippen LogP contribution in [-0.2, 0) is 0 Å². The highest BCUT2D eigenvalue weighted by molar-refractivity contribution is 5.94. The summed E-state index contributed by atoms with van der Waals surface area (Å²) in [4.78, 5) is 13.6. The first-order chi connectivity index (χ1) is 8.59. The highest BCUT2D eigenvalue weighted by Gasteiger charge is 2.24. The molecule has 98 valence electrons. The number of rotatable bonds is 2. The Morgan fingerprint density at radius 2 is 2.22 bits per heavy atom. The molecule has 18 heavy (non-hydrogen) atoms. The number of piperidine rings is 1. The van der Waals surface area contributed by atoms with E-state index < -0.39 is 17.5 Å². The van der Waals surface area contributed by atoms with Crippen LogP contribution in [0.1, 0.15) is 23.2 Å². The molecule has 0 aliphatic carbocycles. The fourth-order valence-electron chi connectivity index (χ4n) is 2.18. The van der Waals surface area contributed by atoms with Gasteiger partial charge in [0.1, 0.15) is 11.6 Å². The van der Waals surface area contributed by atoms with E-state index in [2.05, 4.69) is 5.32 Å². The summed E-state index contributed by atoms with van der Waals surface area (Å²) < 4.78 is 26.3. The molecule has 1 aromatic rings. The summed E-state index contributed by atoms with van der Waals surface area (Å²) >= 11 is 0. The van der Waals surface area contributed by atoms with Gasteiger partial charge in [0, 0.05) is 25.7 Å². The number of halogens is 2. The second-order valence-electron chi connectivity index (χ2n) is 4.54. The second kappa shape index (κ2) is 5.44. The lowest BCUT2D eigenvalue weighted by molar-refractivity contribution is 0.0703. The van der Waals surface area contributed by atoms with Crippen LogP contribution in [0.2, 0.25) is 0 Å². The predicted octanol–water partition coefficient (Wildman–Crippen LogP) is 1.79. The van der Waals surface area contributed by atoms with Gasteiger partial charge in [-0.1, -0.05) is 0 Å². The molecule has 5 heteroatoms. The third-order valence-electron chi connectivity index (χ3n) is 3.30. The molecular formula is C13H16F2N2O. The number of nitrogens with zero attached hydrogens (tertiary/aromatic N) is 1. The van der Waals surface area contributed by atoms with E-state index in [1.807, 2.05) is 0 Å². The van der Waals surface area contributed by atoms with Crippen molar-refractivity contribution in [2.24, 2.45) is 0 Å². The Kier molecular flexibility index (Phi) is 3.91. The summed E-state index contributed by atoms with van der Waals surface area (Å²) in [5, 5.41) is 3.20. The molecule has 0 spiro atoms. The Bertz CT molecular complexity index is 445. The normalized spacial score (nSPS) is 19.6. The molecule has 0 bridgehead atoms. The van der Waals surface area contributed by atoms with Crippen LogP contribution in [0.3, 0.4) is 0 Å². The van der Waals surface area contributed by atoms with Crippen LogP contribution in [0.15, 0.2) is 18.2 Å². The van der Waals surface area contributed by atoms with Gasteiger partial charge in [-0.25, -0.2) is 8.78 Å². The maximum absolute atomic E-state index is 13.5. The maximum atomic E-state index is 13.5. The van der Waals surface area contributed by atoms with Gasteiger partial charge in [0.15, 0.2) is 0 Å². The van der Waals surface area contributed by atoms with E-state index in [0.717, 1.165) is 31.5 Å². The molecule has 2 rings (SSSR count). The van der Waals surface area contributed by atoms with Gasteiger partial charge in [-0.15, -0.1) is 0 Å². The second-order valence-corrected chi connectivity index (χ2v) is 4.54. The van der Waals surface area contributed by atoms with Crippen LogP contribution >= 0.6 is 0 Å². The summed E-state index contributed by atoms with van der Waals surface area (Å²) in [5.74, 6) is -1.89. The lowest BCUT2D eigenvalue weighted by Crippen LogP contribution is -2.46. The third-order valence-corrected chi connectivity index (χ3v) is 3.30. The van der Waals surface area contributed by atoms with Gasteiger partial charge in [0.2, 0.25) is 0 Å². The predicted molar refractivity (Wildman–Crippen MR) is 64.3 cm³/mol. The number of likely N-dealkylation sites (N-methyl/N-ethyl adjacent to an activating group) is 1. The summed E-state index contributed by atoms with van der Waals surface area (Å²) in [6.45, 7) is 1.66. The van der Waals surface area contributed by atoms with Crippen molar-refractivity contribution < 1.29 is 13.6 Å². The summed E-state index contributed by atoms with van der Waals surface area (Å²) in [6, 6.07) is 3.10. The number of carbonyl (C=O) groups is 1. The first kappa shape index (κ1) is 13.0. The Balaban J connectivity index is 2.14. The summed E-state index contributed by atoms with van der Waals surface area (Å²) in [7, 11) is 1.66. The molecule has 3 nitrogen and oxygen atoms in total. The van der Waals surface area contributed by atoms with E-state index >= 15 is 0 Å². The summed E-state index contributed by atoms with van der Waals surface area (Å²) in [6.07, 6.45) is 1.90. The molecule has 1 aliphatic rings. The fourth-order valence-corrected chi connectivity index (χ4v) is 2.18. The number of amides is 1. The minimum absolute atomic E-state index is 0.0655. The molecule has 1 heterocycles. The van der Waals surface area contributed by atoms with Crippen LogP contribution in [0.4, 0.5) is 8.78 Å². The number of hydrogen-bond donors (Lipinski definition) is 1. The minimum atomic E-state index is -0.810. The Morgan fingerprint density at radius 1 is 1.44 bits per heavy atom. The molecule has 1 N–H and O–H groups in total.